The van der Waals surface area contributed by atoms with Gasteiger partial charge in [0.25, 0.3) is 0 Å². The third kappa shape index (κ3) is 4.35. The van der Waals surface area contributed by atoms with E-state index in [1.165, 1.54) is 12.1 Å². The maximum absolute atomic E-state index is 13.4. The molecule has 1 atom stereocenters. The van der Waals surface area contributed by atoms with Gasteiger partial charge < -0.3 is 19.5 Å². The van der Waals surface area contributed by atoms with Crippen LogP contribution < -0.4 is 10.1 Å². The van der Waals surface area contributed by atoms with Crippen molar-refractivity contribution in [3.8, 4) is 5.75 Å². The molecule has 2 aromatic carbocycles. The summed E-state index contributed by atoms with van der Waals surface area (Å²) in [5, 5.41) is 8.12. The number of hydrogen-bond donors (Lipinski definition) is 1. The Morgan fingerprint density at radius 3 is 2.91 bits per heavy atom. The zero-order valence-electron chi connectivity index (χ0n) is 18.3. The second-order valence-electron chi connectivity index (χ2n) is 8.94. The first-order valence-corrected chi connectivity index (χ1v) is 11.4. The van der Waals surface area contributed by atoms with Crippen molar-refractivity contribution in [3.05, 3.63) is 53.5 Å². The number of piperidine rings is 1. The molecule has 0 unspecified atom stereocenters. The fraction of sp³-hybridized carbons (Fsp3) is 0.440. The number of halogens is 1. The molecule has 0 bridgehead atoms. The highest BCUT2D eigenvalue weighted by Gasteiger charge is 2.25. The fourth-order valence-electron chi connectivity index (χ4n) is 4.75. The number of aromatic nitrogens is 1. The predicted octanol–water partition coefficient (Wildman–Crippen LogP) is 4.75. The van der Waals surface area contributed by atoms with E-state index in [0.717, 1.165) is 73.4 Å². The van der Waals surface area contributed by atoms with E-state index in [1.807, 2.05) is 25.1 Å². The largest absolute Gasteiger partial charge is 0.493 e. The van der Waals surface area contributed by atoms with Crippen molar-refractivity contribution < 1.29 is 18.4 Å². The Hall–Kier alpha value is -2.93. The summed E-state index contributed by atoms with van der Waals surface area (Å²) in [6.45, 7) is 5.58. The van der Waals surface area contributed by atoms with Crippen LogP contribution in [0.3, 0.4) is 0 Å². The second-order valence-corrected chi connectivity index (χ2v) is 8.94. The minimum atomic E-state index is -0.299. The van der Waals surface area contributed by atoms with Crippen LogP contribution in [0.4, 0.5) is 10.1 Å². The van der Waals surface area contributed by atoms with Gasteiger partial charge in [0.1, 0.15) is 11.6 Å². The first-order chi connectivity index (χ1) is 15.6. The van der Waals surface area contributed by atoms with Gasteiger partial charge in [0.05, 0.1) is 12.3 Å². The van der Waals surface area contributed by atoms with Crippen molar-refractivity contribution in [2.24, 2.45) is 5.92 Å². The van der Waals surface area contributed by atoms with Crippen LogP contribution in [0, 0.1) is 11.7 Å². The molecule has 2 aliphatic rings. The maximum Gasteiger partial charge on any atom is 0.227 e. The van der Waals surface area contributed by atoms with E-state index in [-0.39, 0.29) is 17.6 Å². The lowest BCUT2D eigenvalue weighted by atomic mass is 9.91. The van der Waals surface area contributed by atoms with E-state index < -0.39 is 0 Å². The van der Waals surface area contributed by atoms with E-state index in [4.69, 9.17) is 9.26 Å². The Morgan fingerprint density at radius 1 is 1.22 bits per heavy atom. The number of fused-ring (bicyclic) bond motifs is 2. The number of nitrogens with zero attached hydrogens (tertiary/aromatic N) is 2. The molecule has 32 heavy (non-hydrogen) atoms. The summed E-state index contributed by atoms with van der Waals surface area (Å²) in [5.41, 5.74) is 3.51. The second kappa shape index (κ2) is 8.90. The van der Waals surface area contributed by atoms with Gasteiger partial charge in [0.2, 0.25) is 5.91 Å². The first kappa shape index (κ1) is 20.9. The molecule has 0 spiro atoms. The number of likely N-dealkylation sites (tertiary alicyclic amines) is 1. The molecule has 0 aliphatic carbocycles. The Labute approximate surface area is 186 Å². The summed E-state index contributed by atoms with van der Waals surface area (Å²) in [6.07, 6.45) is 3.75. The molecule has 7 heteroatoms. The van der Waals surface area contributed by atoms with Crippen molar-refractivity contribution in [2.75, 3.05) is 31.6 Å². The Balaban J connectivity index is 1.08. The van der Waals surface area contributed by atoms with Crippen LogP contribution in [0.2, 0.25) is 0 Å². The fourth-order valence-corrected chi connectivity index (χ4v) is 4.75. The van der Waals surface area contributed by atoms with Gasteiger partial charge in [-0.25, -0.2) is 4.39 Å². The van der Waals surface area contributed by atoms with Crippen LogP contribution in [0.15, 0.2) is 40.9 Å². The Kier molecular flexibility index (Phi) is 5.83. The van der Waals surface area contributed by atoms with Crippen LogP contribution in [-0.4, -0.2) is 42.2 Å². The summed E-state index contributed by atoms with van der Waals surface area (Å²) in [6, 6.07) is 10.6. The molecule has 6 nitrogen and oxygen atoms in total. The average molecular weight is 438 g/mol. The zero-order chi connectivity index (χ0) is 22.1. The molecule has 5 rings (SSSR count). The molecule has 168 valence electrons. The molecular formula is C25H28FN3O3. The quantitative estimate of drug-likeness (QED) is 0.564. The lowest BCUT2D eigenvalue weighted by molar-refractivity contribution is -0.119. The molecule has 1 amide bonds. The molecule has 3 aromatic rings. The van der Waals surface area contributed by atoms with Gasteiger partial charge in [-0.2, -0.15) is 0 Å². The maximum atomic E-state index is 13.4. The highest BCUT2D eigenvalue weighted by molar-refractivity contribution is 5.95. The van der Waals surface area contributed by atoms with Crippen molar-refractivity contribution in [3.63, 3.8) is 0 Å². The molecule has 2 aliphatic heterocycles. The molecule has 1 fully saturated rings. The van der Waals surface area contributed by atoms with E-state index in [2.05, 4.69) is 15.4 Å². The lowest BCUT2D eigenvalue weighted by Crippen LogP contribution is -2.34. The van der Waals surface area contributed by atoms with Gasteiger partial charge in [-0.05, 0) is 62.5 Å². The first-order valence-electron chi connectivity index (χ1n) is 11.4. The van der Waals surface area contributed by atoms with Crippen LogP contribution in [0.5, 0.6) is 5.75 Å². The molecule has 0 radical (unpaired) electrons. The number of rotatable bonds is 6. The summed E-state index contributed by atoms with van der Waals surface area (Å²) in [7, 11) is 0. The normalized spacial score (nSPS) is 19.7. The number of ether oxygens (including phenoxy) is 1. The van der Waals surface area contributed by atoms with Crippen molar-refractivity contribution in [2.45, 2.75) is 38.5 Å². The predicted molar refractivity (Wildman–Crippen MR) is 120 cm³/mol. The zero-order valence-corrected chi connectivity index (χ0v) is 18.3. The SMILES string of the molecule is C[C@@H]1Cc2ccc(OCCCN3CCC(c4noc5cc(F)ccc45)CC3)cc2NC1=O. The van der Waals surface area contributed by atoms with E-state index in [1.54, 1.807) is 6.07 Å². The third-order valence-corrected chi connectivity index (χ3v) is 6.64. The number of nitrogens with one attached hydrogen (secondary N) is 1. The summed E-state index contributed by atoms with van der Waals surface area (Å²) < 4.78 is 24.6. The number of hydrogen-bond acceptors (Lipinski definition) is 5. The molecular weight excluding hydrogens is 409 g/mol. The Bertz CT molecular complexity index is 1120. The molecule has 3 heterocycles. The summed E-state index contributed by atoms with van der Waals surface area (Å²) in [5.74, 6) is 0.939. The third-order valence-electron chi connectivity index (χ3n) is 6.64. The number of carbonyl (C=O) groups is 1. The number of benzene rings is 2. The van der Waals surface area contributed by atoms with E-state index >= 15 is 0 Å². The summed E-state index contributed by atoms with van der Waals surface area (Å²) in [4.78, 5) is 14.4. The van der Waals surface area contributed by atoms with Crippen LogP contribution in [0.1, 0.15) is 43.4 Å². The highest BCUT2D eigenvalue weighted by atomic mass is 19.1. The van der Waals surface area contributed by atoms with E-state index in [9.17, 15) is 9.18 Å². The van der Waals surface area contributed by atoms with Gasteiger partial charge >= 0.3 is 0 Å². The van der Waals surface area contributed by atoms with Gasteiger partial charge in [0, 0.05) is 41.6 Å². The lowest BCUT2D eigenvalue weighted by Gasteiger charge is -2.31. The van der Waals surface area contributed by atoms with Crippen LogP contribution in [-0.2, 0) is 11.2 Å². The molecule has 1 N–H and O–H groups in total. The topological polar surface area (TPSA) is 67.6 Å². The number of anilines is 1. The number of carbonyl (C=O) groups excluding carboxylic acids is 1. The Morgan fingerprint density at radius 2 is 2.06 bits per heavy atom. The van der Waals surface area contributed by atoms with Crippen molar-refractivity contribution in [1.82, 2.24) is 10.1 Å². The van der Waals surface area contributed by atoms with Gasteiger partial charge in [0.15, 0.2) is 5.58 Å². The smallest absolute Gasteiger partial charge is 0.227 e. The van der Waals surface area contributed by atoms with Crippen molar-refractivity contribution >= 4 is 22.6 Å². The summed E-state index contributed by atoms with van der Waals surface area (Å²) >= 11 is 0. The average Bonchev–Trinajstić information content (AvgIpc) is 3.21. The minimum Gasteiger partial charge on any atom is -0.493 e. The van der Waals surface area contributed by atoms with Gasteiger partial charge in [-0.1, -0.05) is 18.1 Å². The van der Waals surface area contributed by atoms with Gasteiger partial charge in [-0.3, -0.25) is 4.79 Å². The molecule has 1 aromatic heterocycles. The monoisotopic (exact) mass is 437 g/mol. The standard InChI is InChI=1S/C25H28FN3O3/c1-16-13-18-3-5-20(15-22(18)27-25(16)30)31-12-2-9-29-10-7-17(8-11-29)24-21-6-4-19(26)14-23(21)32-28-24/h3-6,14-17H,2,7-13H2,1H3,(H,27,30)/t16-/m1/s1. The number of amides is 1. The van der Waals surface area contributed by atoms with Crippen LogP contribution in [0.25, 0.3) is 11.0 Å². The molecule has 0 saturated carbocycles. The van der Waals surface area contributed by atoms with Crippen molar-refractivity contribution in [1.29, 1.82) is 0 Å². The minimum absolute atomic E-state index is 0.0180. The highest BCUT2D eigenvalue weighted by Crippen LogP contribution is 2.33. The van der Waals surface area contributed by atoms with Crippen LogP contribution >= 0.6 is 0 Å². The van der Waals surface area contributed by atoms with E-state index in [0.29, 0.717) is 18.1 Å². The van der Waals surface area contributed by atoms with Gasteiger partial charge in [-0.15, -0.1) is 0 Å². The molecule has 1 saturated heterocycles.